The number of carbonyl (C=O) groups is 1. The zero-order chi connectivity index (χ0) is 24.9. The molecule has 1 heterocycles. The molecule has 0 saturated carbocycles. The van der Waals surface area contributed by atoms with Gasteiger partial charge in [0.15, 0.2) is 15.0 Å². The third kappa shape index (κ3) is 7.20. The Balaban J connectivity index is 0.00000432. The Bertz CT molecular complexity index is 1250. The van der Waals surface area contributed by atoms with Crippen molar-refractivity contribution in [3.63, 3.8) is 0 Å². The lowest BCUT2D eigenvalue weighted by atomic mass is 10.3. The van der Waals surface area contributed by atoms with E-state index in [2.05, 4.69) is 4.98 Å². The van der Waals surface area contributed by atoms with Crippen LogP contribution in [0.5, 0.6) is 11.5 Å². The topological polar surface area (TPSA) is 89.0 Å². The van der Waals surface area contributed by atoms with Crippen molar-refractivity contribution < 1.29 is 22.7 Å². The van der Waals surface area contributed by atoms with E-state index in [0.717, 1.165) is 6.54 Å². The second kappa shape index (κ2) is 12.7. The number of halogens is 2. The fourth-order valence-corrected chi connectivity index (χ4v) is 5.88. The van der Waals surface area contributed by atoms with Crippen molar-refractivity contribution in [3.05, 3.63) is 41.4 Å². The van der Waals surface area contributed by atoms with Gasteiger partial charge in [-0.15, -0.1) is 12.4 Å². The number of thiazole rings is 1. The van der Waals surface area contributed by atoms with Crippen molar-refractivity contribution >= 4 is 66.4 Å². The second-order valence-corrected chi connectivity index (χ2v) is 11.4. The Morgan fingerprint density at radius 3 is 2.34 bits per heavy atom. The summed E-state index contributed by atoms with van der Waals surface area (Å²) in [4.78, 5) is 21.6. The van der Waals surface area contributed by atoms with E-state index in [4.69, 9.17) is 21.1 Å². The molecule has 3 rings (SSSR count). The van der Waals surface area contributed by atoms with Gasteiger partial charge in [0.1, 0.15) is 17.0 Å². The van der Waals surface area contributed by atoms with E-state index < -0.39 is 9.84 Å². The number of fused-ring (bicyclic) bond motifs is 1. The standard InChI is InChI=1S/C23H28ClN3O5S2.ClH/c1-26(2)13-5-14-27(23-25-21-19(32-4)11-10-18(24)22(21)33-23)20(28)12-15-34(29,30)17-8-6-16(31-3)7-9-17;/h6-11H,5,12-15H2,1-4H3;1H. The van der Waals surface area contributed by atoms with Crippen LogP contribution in [-0.4, -0.2) is 71.4 Å². The normalized spacial score (nSPS) is 11.4. The highest BCUT2D eigenvalue weighted by molar-refractivity contribution is 7.91. The molecule has 0 unspecified atom stereocenters. The number of hydrogen-bond donors (Lipinski definition) is 0. The summed E-state index contributed by atoms with van der Waals surface area (Å²) in [5, 5.41) is 0.981. The first-order chi connectivity index (χ1) is 16.2. The molecule has 0 spiro atoms. The van der Waals surface area contributed by atoms with Gasteiger partial charge in [-0.25, -0.2) is 13.4 Å². The quantitative estimate of drug-likeness (QED) is 0.339. The average molecular weight is 563 g/mol. The Kier molecular flexibility index (Phi) is 10.6. The second-order valence-electron chi connectivity index (χ2n) is 7.87. The van der Waals surface area contributed by atoms with Crippen molar-refractivity contribution in [2.45, 2.75) is 17.7 Å². The van der Waals surface area contributed by atoms with E-state index in [1.165, 1.54) is 30.6 Å². The van der Waals surface area contributed by atoms with Gasteiger partial charge in [-0.05, 0) is 63.5 Å². The van der Waals surface area contributed by atoms with Crippen LogP contribution in [0, 0.1) is 0 Å². The molecule has 0 fully saturated rings. The number of methoxy groups -OCH3 is 2. The molecule has 1 amide bonds. The van der Waals surface area contributed by atoms with Crippen LogP contribution in [0.3, 0.4) is 0 Å². The molecule has 35 heavy (non-hydrogen) atoms. The van der Waals surface area contributed by atoms with Gasteiger partial charge in [0.2, 0.25) is 5.91 Å². The molecule has 192 valence electrons. The molecule has 0 aliphatic rings. The van der Waals surface area contributed by atoms with Gasteiger partial charge < -0.3 is 14.4 Å². The fraction of sp³-hybridized carbons (Fsp3) is 0.391. The Labute approximate surface area is 221 Å². The van der Waals surface area contributed by atoms with E-state index in [1.807, 2.05) is 19.0 Å². The molecular weight excluding hydrogens is 533 g/mol. The Morgan fingerprint density at radius 2 is 1.74 bits per heavy atom. The first kappa shape index (κ1) is 29.1. The number of ether oxygens (including phenoxy) is 2. The van der Waals surface area contributed by atoms with Crippen LogP contribution in [0.1, 0.15) is 12.8 Å². The van der Waals surface area contributed by atoms with Gasteiger partial charge in [-0.2, -0.15) is 0 Å². The van der Waals surface area contributed by atoms with Crippen molar-refractivity contribution in [2.24, 2.45) is 0 Å². The maximum atomic E-state index is 13.2. The van der Waals surface area contributed by atoms with Crippen LogP contribution in [-0.2, 0) is 14.6 Å². The molecule has 0 saturated heterocycles. The SMILES string of the molecule is COc1ccc(S(=O)(=O)CCC(=O)N(CCCN(C)C)c2nc3c(OC)ccc(Cl)c3s2)cc1.Cl. The largest absolute Gasteiger partial charge is 0.497 e. The molecule has 0 atom stereocenters. The monoisotopic (exact) mass is 561 g/mol. The van der Waals surface area contributed by atoms with E-state index in [0.29, 0.717) is 44.8 Å². The molecular formula is C23H29Cl2N3O5S2. The van der Waals surface area contributed by atoms with Gasteiger partial charge in [0, 0.05) is 13.0 Å². The number of benzene rings is 2. The van der Waals surface area contributed by atoms with E-state index >= 15 is 0 Å². The minimum atomic E-state index is -3.64. The smallest absolute Gasteiger partial charge is 0.229 e. The van der Waals surface area contributed by atoms with Crippen molar-refractivity contribution in [1.82, 2.24) is 9.88 Å². The lowest BCUT2D eigenvalue weighted by molar-refractivity contribution is -0.118. The molecule has 1 aromatic heterocycles. The number of nitrogens with zero attached hydrogens (tertiary/aromatic N) is 3. The average Bonchev–Trinajstić information content (AvgIpc) is 3.26. The number of anilines is 1. The van der Waals surface area contributed by atoms with Crippen LogP contribution in [0.4, 0.5) is 5.13 Å². The summed E-state index contributed by atoms with van der Waals surface area (Å²) in [5.41, 5.74) is 0.575. The summed E-state index contributed by atoms with van der Waals surface area (Å²) in [5.74, 6) is 0.499. The molecule has 0 bridgehead atoms. The third-order valence-corrected chi connectivity index (χ3v) is 8.46. The number of hydrogen-bond acceptors (Lipinski definition) is 8. The van der Waals surface area contributed by atoms with Gasteiger partial charge in [-0.1, -0.05) is 22.9 Å². The van der Waals surface area contributed by atoms with E-state index in [-0.39, 0.29) is 35.4 Å². The molecule has 0 radical (unpaired) electrons. The van der Waals surface area contributed by atoms with E-state index in [9.17, 15) is 13.2 Å². The first-order valence-electron chi connectivity index (χ1n) is 10.6. The van der Waals surface area contributed by atoms with Crippen molar-refractivity contribution in [2.75, 3.05) is 52.1 Å². The zero-order valence-corrected chi connectivity index (χ0v) is 23.2. The zero-order valence-electron chi connectivity index (χ0n) is 20.0. The number of rotatable bonds is 11. The van der Waals surface area contributed by atoms with Gasteiger partial charge in [0.25, 0.3) is 0 Å². The summed E-state index contributed by atoms with van der Waals surface area (Å²) in [7, 11) is 3.33. The lowest BCUT2D eigenvalue weighted by Crippen LogP contribution is -2.34. The van der Waals surface area contributed by atoms with E-state index in [1.54, 1.807) is 36.3 Å². The van der Waals surface area contributed by atoms with Crippen LogP contribution in [0.25, 0.3) is 10.2 Å². The summed E-state index contributed by atoms with van der Waals surface area (Å²) < 4.78 is 36.8. The lowest BCUT2D eigenvalue weighted by Gasteiger charge is -2.21. The number of sulfone groups is 1. The van der Waals surface area contributed by atoms with Crippen LogP contribution in [0.15, 0.2) is 41.3 Å². The predicted octanol–water partition coefficient (Wildman–Crippen LogP) is 4.54. The molecule has 8 nitrogen and oxygen atoms in total. The van der Waals surface area contributed by atoms with Gasteiger partial charge in [0.05, 0.1) is 34.6 Å². The van der Waals surface area contributed by atoms with Crippen LogP contribution < -0.4 is 14.4 Å². The fourth-order valence-electron chi connectivity index (χ4n) is 3.35. The summed E-state index contributed by atoms with van der Waals surface area (Å²) in [6.07, 6.45) is 0.530. The first-order valence-corrected chi connectivity index (χ1v) is 13.5. The third-order valence-electron chi connectivity index (χ3n) is 5.19. The van der Waals surface area contributed by atoms with Crippen LogP contribution >= 0.6 is 35.3 Å². The molecule has 0 N–H and O–H groups in total. The van der Waals surface area contributed by atoms with Gasteiger partial charge >= 0.3 is 0 Å². The molecule has 12 heteroatoms. The highest BCUT2D eigenvalue weighted by Gasteiger charge is 2.24. The minimum absolute atomic E-state index is 0. The summed E-state index contributed by atoms with van der Waals surface area (Å²) >= 11 is 7.64. The minimum Gasteiger partial charge on any atom is -0.497 e. The Hall–Kier alpha value is -2.11. The molecule has 0 aliphatic heterocycles. The highest BCUT2D eigenvalue weighted by Crippen LogP contribution is 2.39. The highest BCUT2D eigenvalue weighted by atomic mass is 35.5. The summed E-state index contributed by atoms with van der Waals surface area (Å²) in [6, 6.07) is 9.59. The maximum absolute atomic E-state index is 13.2. The van der Waals surface area contributed by atoms with Crippen molar-refractivity contribution in [3.8, 4) is 11.5 Å². The molecule has 0 aliphatic carbocycles. The van der Waals surface area contributed by atoms with Gasteiger partial charge in [-0.3, -0.25) is 9.69 Å². The number of amides is 1. The molecule has 2 aromatic carbocycles. The maximum Gasteiger partial charge on any atom is 0.229 e. The number of aromatic nitrogens is 1. The number of carbonyl (C=O) groups excluding carboxylic acids is 1. The summed E-state index contributed by atoms with van der Waals surface area (Å²) in [6.45, 7) is 1.17. The predicted molar refractivity (Wildman–Crippen MR) is 144 cm³/mol. The Morgan fingerprint density at radius 1 is 1.06 bits per heavy atom. The van der Waals surface area contributed by atoms with Crippen molar-refractivity contribution in [1.29, 1.82) is 0 Å². The molecule has 3 aromatic rings. The van der Waals surface area contributed by atoms with Crippen LogP contribution in [0.2, 0.25) is 5.02 Å².